The van der Waals surface area contributed by atoms with Crippen molar-refractivity contribution in [1.82, 2.24) is 29.7 Å². The van der Waals surface area contributed by atoms with Gasteiger partial charge in [0.25, 0.3) is 0 Å². The molecule has 8 saturated heterocycles. The molecule has 0 radical (unpaired) electrons. The van der Waals surface area contributed by atoms with Crippen LogP contribution in [0.2, 0.25) is 10.0 Å². The molecule has 105 heavy (non-hydrogen) atoms. The van der Waals surface area contributed by atoms with Crippen molar-refractivity contribution < 1.29 is 62.7 Å². The van der Waals surface area contributed by atoms with Crippen LogP contribution >= 0.6 is 34.7 Å². The van der Waals surface area contributed by atoms with Crippen molar-refractivity contribution in [2.24, 2.45) is 0 Å². The van der Waals surface area contributed by atoms with E-state index in [0.29, 0.717) is 22.1 Å². The van der Waals surface area contributed by atoms with Crippen molar-refractivity contribution in [1.29, 1.82) is 0 Å². The van der Waals surface area contributed by atoms with Crippen LogP contribution in [0.1, 0.15) is 72.1 Å². The first-order valence-electron chi connectivity index (χ1n) is 38.1. The van der Waals surface area contributed by atoms with E-state index in [9.17, 15) is 14.0 Å². The van der Waals surface area contributed by atoms with Gasteiger partial charge in [0.15, 0.2) is 5.82 Å². The van der Waals surface area contributed by atoms with E-state index in [0.717, 1.165) is 195 Å². The Kier molecular flexibility index (Phi) is 38.1. The van der Waals surface area contributed by atoms with Crippen LogP contribution in [0, 0.1) is 76.0 Å². The number of fused-ring (bicyclic) bond motifs is 1. The first-order chi connectivity index (χ1) is 49.8. The molecule has 0 aliphatic carbocycles. The molecule has 4 atom stereocenters. The van der Waals surface area contributed by atoms with Crippen molar-refractivity contribution in [2.75, 3.05) is 211 Å². The maximum absolute atomic E-state index is 12.7. The molecule has 0 bridgehead atoms. The first-order valence-corrected chi connectivity index (χ1v) is 39.6. The fourth-order valence-electron chi connectivity index (χ4n) is 12.6. The van der Waals surface area contributed by atoms with Crippen molar-refractivity contribution in [3.63, 3.8) is 0 Å². The molecule has 1 aromatic heterocycles. The number of piperazine rings is 8. The Balaban J connectivity index is 0.000000190. The summed E-state index contributed by atoms with van der Waals surface area (Å²) in [5.41, 5.74) is 5.63. The molecular weight excluding hydrogens is 1380 g/mol. The van der Waals surface area contributed by atoms with Crippen molar-refractivity contribution in [3.05, 3.63) is 174 Å². The average Bonchev–Trinajstić information content (AvgIpc) is 1.76. The summed E-state index contributed by atoms with van der Waals surface area (Å²) >= 11 is 13.7. The van der Waals surface area contributed by atoms with Crippen LogP contribution in [-0.2, 0) is 16.0 Å². The smallest absolute Gasteiger partial charge is 0.410 e. The number of anilines is 3. The third kappa shape index (κ3) is 32.5. The molecule has 4 aromatic carbocycles. The number of rotatable bonds is 5. The number of hydrogen-bond donors (Lipinski definition) is 10. The molecule has 4 unspecified atom stereocenters. The first kappa shape index (κ1) is 88.7. The van der Waals surface area contributed by atoms with E-state index < -0.39 is 11.2 Å². The summed E-state index contributed by atoms with van der Waals surface area (Å²) in [6, 6.07) is 28.6. The molecular formula is C80H134Cl2FN17O4S. The number of halogens is 3. The van der Waals surface area contributed by atoms with Crippen LogP contribution < -0.4 is 64.5 Å². The number of benzene rings is 4. The van der Waals surface area contributed by atoms with Gasteiger partial charge in [0, 0.05) is 56.9 Å². The number of aryl methyl sites for hydroxylation is 1. The van der Waals surface area contributed by atoms with Gasteiger partial charge in [0.05, 0.1) is 190 Å². The lowest BCUT2D eigenvalue weighted by atomic mass is 10.1. The SMILES string of the molecule is [CH2-][NH+]1CCN(C(=O)OC(C)(C)C)CC1.[CH2-][NH+]1CCN(C(=O)OC(C)(C)C)CC1C.[CH2-][NH+]1CCN(Cc2ccc(F)cc2)CC1.[CH2-][NH+]1CCN(c2cccc(C)c2C)CC1.[CH2-][NH+]1CCN(c2cccc(Cl)c2Cl)CC1.[CH2-][NH+]1CCN(c2nsc3ccccc23)CC1.[CH2-][NH+]1CCNCC1.[CH2-][NH+]1CCNCC1C. The number of quaternary nitrogens is 8. The zero-order valence-electron chi connectivity index (χ0n) is 65.6. The summed E-state index contributed by atoms with van der Waals surface area (Å²) in [6.45, 7) is 51.9. The zero-order chi connectivity index (χ0) is 76.8. The monoisotopic (exact) mass is 1520 g/mol. The van der Waals surface area contributed by atoms with Crippen molar-refractivity contribution >= 4 is 74.2 Å². The number of amides is 2. The van der Waals surface area contributed by atoms with Crippen LogP contribution in [0.5, 0.6) is 0 Å². The van der Waals surface area contributed by atoms with E-state index in [4.69, 9.17) is 32.7 Å². The number of hydrogen-bond acceptors (Lipinski definition) is 12. The molecule has 590 valence electrons. The lowest BCUT2D eigenvalue weighted by molar-refractivity contribution is -0.883. The Bertz CT molecular complexity index is 3190. The van der Waals surface area contributed by atoms with Crippen LogP contribution in [0.15, 0.2) is 84.9 Å². The molecule has 5 aromatic rings. The van der Waals surface area contributed by atoms with Crippen molar-refractivity contribution in [2.45, 2.75) is 99.1 Å². The molecule has 8 aliphatic rings. The van der Waals surface area contributed by atoms with Gasteiger partial charge in [-0.2, -0.15) is 60.8 Å². The fraction of sp³-hybridized carbons (Fsp3) is 0.562. The van der Waals surface area contributed by atoms with E-state index in [1.807, 2.05) is 71.9 Å². The van der Waals surface area contributed by atoms with Gasteiger partial charge in [-0.15, -0.1) is 0 Å². The second-order valence-corrected chi connectivity index (χ2v) is 32.7. The Morgan fingerprint density at radius 2 is 0.971 bits per heavy atom. The zero-order valence-corrected chi connectivity index (χ0v) is 67.9. The number of carbonyl (C=O) groups excluding carboxylic acids is 2. The van der Waals surface area contributed by atoms with E-state index in [1.54, 1.807) is 21.3 Å². The lowest BCUT2D eigenvalue weighted by Crippen LogP contribution is -3.13. The molecule has 21 nitrogen and oxygen atoms in total. The van der Waals surface area contributed by atoms with Gasteiger partial charge < -0.3 is 74.0 Å². The number of aromatic nitrogens is 1. The summed E-state index contributed by atoms with van der Waals surface area (Å²) in [6.07, 6.45) is -0.410. The Morgan fingerprint density at radius 3 is 1.47 bits per heavy atom. The minimum atomic E-state index is -0.408. The third-order valence-corrected chi connectivity index (χ3v) is 21.5. The van der Waals surface area contributed by atoms with Crippen LogP contribution in [-0.4, -0.2) is 251 Å². The molecule has 2 amide bonds. The summed E-state index contributed by atoms with van der Waals surface area (Å²) in [4.78, 5) is 47.1. The standard InChI is InChI=1S/C13H20N2.C12H17FN2.C12H15N3S.C11H14Cl2N2.C11H22N2O2.C10H20N2O2.C6H14N2.C5H12N2/c1-11-5-4-6-13(12(11)2)15-9-7-14(3)8-10-15;1-14-6-8-15(9-7-14)10-11-2-4-12(13)5-3-11;1-14-6-8-15(9-7-14)12-10-4-2-3-5-11(10)16-13-12;1-14-5-7-15(8-6-14)10-4-2-3-9(12)11(10)13;1-9-8-13(7-6-12(9)5)10(14)15-11(2,3)4;1-10(2,3)14-9(13)12-7-5-11(4)6-8-12;1-6-5-7-3-4-8(6)2;1-7-4-2-6-3-5-7/h4-6,14H,3,7-10H2,1-2H3;2-5,14H,1,6-10H2;2-5,14H,1,6-9H2;2-4,14H,1,5-8H2;9,12H,5-8H2,1-4H3;11H,4-8H2,1-3H3;6-8H,2-5H2,1H3;6-7H,1-5H2. The Labute approximate surface area is 646 Å². The highest BCUT2D eigenvalue weighted by Crippen LogP contribution is 2.33. The van der Waals surface area contributed by atoms with E-state index in [-0.39, 0.29) is 18.0 Å². The molecule has 0 saturated carbocycles. The highest BCUT2D eigenvalue weighted by atomic mass is 35.5. The summed E-state index contributed by atoms with van der Waals surface area (Å²) in [7, 11) is 31.8. The quantitative estimate of drug-likeness (QED) is 0.113. The number of nitrogens with zero attached hydrogens (tertiary/aromatic N) is 7. The average molecular weight is 1520 g/mol. The molecule has 8 aliphatic heterocycles. The lowest BCUT2D eigenvalue weighted by Gasteiger charge is -2.39. The second-order valence-electron chi connectivity index (χ2n) is 31.1. The predicted octanol–water partition coefficient (Wildman–Crippen LogP) is 0.537. The number of ether oxygens (including phenoxy) is 2. The van der Waals surface area contributed by atoms with Crippen LogP contribution in [0.25, 0.3) is 10.1 Å². The molecule has 10 N–H and O–H groups in total. The van der Waals surface area contributed by atoms with E-state index in [1.165, 1.54) is 103 Å². The van der Waals surface area contributed by atoms with Gasteiger partial charge >= 0.3 is 12.2 Å². The van der Waals surface area contributed by atoms with Gasteiger partial charge in [-0.3, -0.25) is 14.7 Å². The van der Waals surface area contributed by atoms with Gasteiger partial charge in [-0.25, -0.2) is 14.0 Å². The minimum absolute atomic E-state index is 0.161. The summed E-state index contributed by atoms with van der Waals surface area (Å²) in [5.74, 6) is 0.999. The topological polar surface area (TPSA) is 145 Å². The maximum Gasteiger partial charge on any atom is 0.410 e. The normalized spacial score (nSPS) is 22.0. The summed E-state index contributed by atoms with van der Waals surface area (Å²) in [5, 5.41) is 9.13. The van der Waals surface area contributed by atoms with Gasteiger partial charge in [-0.1, -0.05) is 65.7 Å². The van der Waals surface area contributed by atoms with Crippen molar-refractivity contribution in [3.8, 4) is 0 Å². The van der Waals surface area contributed by atoms with Crippen LogP contribution in [0.4, 0.5) is 31.2 Å². The highest BCUT2D eigenvalue weighted by molar-refractivity contribution is 7.13. The maximum atomic E-state index is 12.7. The van der Waals surface area contributed by atoms with Gasteiger partial charge in [0.2, 0.25) is 0 Å². The second kappa shape index (κ2) is 45.1. The Hall–Kier alpha value is -5.22. The molecule has 0 spiro atoms. The van der Waals surface area contributed by atoms with Crippen LogP contribution in [0.3, 0.4) is 0 Å². The molecule has 13 rings (SSSR count). The fourth-order valence-corrected chi connectivity index (χ4v) is 13.8. The molecule has 25 heteroatoms. The van der Waals surface area contributed by atoms with Gasteiger partial charge in [0.1, 0.15) is 17.0 Å². The highest BCUT2D eigenvalue weighted by Gasteiger charge is 2.30. The Morgan fingerprint density at radius 1 is 0.524 bits per heavy atom. The predicted molar refractivity (Wildman–Crippen MR) is 429 cm³/mol. The summed E-state index contributed by atoms with van der Waals surface area (Å²) < 4.78 is 29.1. The third-order valence-electron chi connectivity index (χ3n) is 19.9. The minimum Gasteiger partial charge on any atom is -0.466 e. The van der Waals surface area contributed by atoms with E-state index in [2.05, 4.69) is 161 Å². The molecule has 9 heterocycles. The largest absolute Gasteiger partial charge is 0.466 e. The van der Waals surface area contributed by atoms with Gasteiger partial charge in [-0.05, 0) is 140 Å². The number of nitrogens with one attached hydrogen (secondary N) is 10. The number of carbonyl (C=O) groups is 2. The van der Waals surface area contributed by atoms with E-state index >= 15 is 0 Å². The molecule has 8 fully saturated rings.